The molecule has 4 nitrogen and oxygen atoms in total. The number of nitrogens with zero attached hydrogens (tertiary/aromatic N) is 1. The van der Waals surface area contributed by atoms with Gasteiger partial charge in [-0.25, -0.2) is 0 Å². The Bertz CT molecular complexity index is 509. The van der Waals surface area contributed by atoms with E-state index >= 15 is 0 Å². The average Bonchev–Trinajstić information content (AvgIpc) is 3.10. The van der Waals surface area contributed by atoms with Crippen molar-refractivity contribution in [3.05, 3.63) is 23.8 Å². The van der Waals surface area contributed by atoms with Crippen LogP contribution in [0.3, 0.4) is 0 Å². The Hall–Kier alpha value is -1.71. The molecular formula is C16H22N2O2. The van der Waals surface area contributed by atoms with E-state index < -0.39 is 0 Å². The first-order valence-corrected chi connectivity index (χ1v) is 7.56. The van der Waals surface area contributed by atoms with Crippen molar-refractivity contribution in [3.63, 3.8) is 0 Å². The van der Waals surface area contributed by atoms with E-state index in [9.17, 15) is 9.90 Å². The van der Waals surface area contributed by atoms with Gasteiger partial charge in [0.15, 0.2) is 0 Å². The number of nitrogens with two attached hydrogens (primary N) is 1. The third kappa shape index (κ3) is 2.35. The summed E-state index contributed by atoms with van der Waals surface area (Å²) in [5.74, 6) is 0.729. The number of amides is 1. The standard InChI is InChI=1S/C16H22N2O2/c17-14-8-7-12(19)10-13(14)16(20)18-9-3-6-15(18)11-4-1-2-5-11/h7-8,10-11,15,19H,1-6,9,17H2. The Labute approximate surface area is 119 Å². The minimum absolute atomic E-state index is 0.0206. The fraction of sp³-hybridized carbons (Fsp3) is 0.562. The molecule has 0 bridgehead atoms. The van der Waals surface area contributed by atoms with Gasteiger partial charge in [0.2, 0.25) is 0 Å². The maximum atomic E-state index is 12.7. The number of likely N-dealkylation sites (tertiary alicyclic amines) is 1. The molecule has 0 spiro atoms. The molecule has 108 valence electrons. The van der Waals surface area contributed by atoms with Gasteiger partial charge >= 0.3 is 0 Å². The summed E-state index contributed by atoms with van der Waals surface area (Å²) >= 11 is 0. The van der Waals surface area contributed by atoms with E-state index in [1.165, 1.54) is 37.8 Å². The SMILES string of the molecule is Nc1ccc(O)cc1C(=O)N1CCCC1C1CCCC1. The lowest BCUT2D eigenvalue weighted by atomic mass is 9.95. The fourth-order valence-corrected chi connectivity index (χ4v) is 3.76. The van der Waals surface area contributed by atoms with Crippen LogP contribution >= 0.6 is 0 Å². The third-order valence-electron chi connectivity index (χ3n) is 4.77. The molecule has 1 aliphatic carbocycles. The van der Waals surface area contributed by atoms with Crippen molar-refractivity contribution in [2.45, 2.75) is 44.6 Å². The van der Waals surface area contributed by atoms with Crippen molar-refractivity contribution >= 4 is 11.6 Å². The van der Waals surface area contributed by atoms with Gasteiger partial charge in [0, 0.05) is 18.3 Å². The number of nitrogen functional groups attached to an aromatic ring is 1. The van der Waals surface area contributed by atoms with Crippen molar-refractivity contribution in [2.24, 2.45) is 5.92 Å². The van der Waals surface area contributed by atoms with Gasteiger partial charge in [-0.05, 0) is 49.8 Å². The summed E-state index contributed by atoms with van der Waals surface area (Å²) in [6.07, 6.45) is 7.24. The lowest BCUT2D eigenvalue weighted by Crippen LogP contribution is -2.39. The second-order valence-electron chi connectivity index (χ2n) is 6.02. The van der Waals surface area contributed by atoms with Gasteiger partial charge in [-0.1, -0.05) is 12.8 Å². The molecule has 1 atom stereocenters. The molecular weight excluding hydrogens is 252 g/mol. The molecule has 2 aliphatic rings. The Morgan fingerprint density at radius 3 is 2.70 bits per heavy atom. The molecule has 1 aromatic carbocycles. The minimum Gasteiger partial charge on any atom is -0.508 e. The molecule has 2 fully saturated rings. The summed E-state index contributed by atoms with van der Waals surface area (Å²) in [5, 5.41) is 9.58. The number of hydrogen-bond donors (Lipinski definition) is 2. The molecule has 1 heterocycles. The third-order valence-corrected chi connectivity index (χ3v) is 4.77. The Morgan fingerprint density at radius 1 is 1.20 bits per heavy atom. The number of phenols is 1. The van der Waals surface area contributed by atoms with Crippen LogP contribution in [0.4, 0.5) is 5.69 Å². The molecule has 0 radical (unpaired) electrons. The lowest BCUT2D eigenvalue weighted by molar-refractivity contribution is 0.0689. The van der Waals surface area contributed by atoms with Crippen LogP contribution < -0.4 is 5.73 Å². The minimum atomic E-state index is -0.0206. The summed E-state index contributed by atoms with van der Waals surface area (Å²) in [6.45, 7) is 0.815. The monoisotopic (exact) mass is 274 g/mol. The molecule has 3 N–H and O–H groups in total. The summed E-state index contributed by atoms with van der Waals surface area (Å²) in [7, 11) is 0. The average molecular weight is 274 g/mol. The topological polar surface area (TPSA) is 66.6 Å². The number of carbonyl (C=O) groups is 1. The predicted octanol–water partition coefficient (Wildman–Crippen LogP) is 2.77. The Kier molecular flexibility index (Phi) is 3.55. The quantitative estimate of drug-likeness (QED) is 0.643. The highest BCUT2D eigenvalue weighted by Gasteiger charge is 2.36. The summed E-state index contributed by atoms with van der Waals surface area (Å²) in [4.78, 5) is 14.7. The molecule has 1 unspecified atom stereocenters. The van der Waals surface area contributed by atoms with Gasteiger partial charge in [-0.15, -0.1) is 0 Å². The molecule has 1 aliphatic heterocycles. The molecule has 1 amide bonds. The van der Waals surface area contributed by atoms with Crippen LogP contribution in [0.1, 0.15) is 48.9 Å². The normalized spacial score (nSPS) is 23.4. The van der Waals surface area contributed by atoms with Gasteiger partial charge in [-0.2, -0.15) is 0 Å². The van der Waals surface area contributed by atoms with Gasteiger partial charge in [0.05, 0.1) is 5.56 Å². The molecule has 4 heteroatoms. The largest absolute Gasteiger partial charge is 0.508 e. The zero-order valence-corrected chi connectivity index (χ0v) is 11.7. The predicted molar refractivity (Wildman–Crippen MR) is 78.5 cm³/mol. The smallest absolute Gasteiger partial charge is 0.256 e. The zero-order chi connectivity index (χ0) is 14.1. The van der Waals surface area contributed by atoms with Crippen LogP contribution in [0, 0.1) is 5.92 Å². The van der Waals surface area contributed by atoms with Crippen molar-refractivity contribution in [3.8, 4) is 5.75 Å². The van der Waals surface area contributed by atoms with Gasteiger partial charge < -0.3 is 15.7 Å². The molecule has 1 saturated heterocycles. The lowest BCUT2D eigenvalue weighted by Gasteiger charge is -2.29. The maximum absolute atomic E-state index is 12.7. The van der Waals surface area contributed by atoms with Crippen LogP contribution in [-0.4, -0.2) is 28.5 Å². The van der Waals surface area contributed by atoms with Crippen LogP contribution in [0.2, 0.25) is 0 Å². The number of anilines is 1. The van der Waals surface area contributed by atoms with Gasteiger partial charge in [-0.3, -0.25) is 4.79 Å². The van der Waals surface area contributed by atoms with E-state index in [1.54, 1.807) is 6.07 Å². The van der Waals surface area contributed by atoms with Crippen LogP contribution in [0.15, 0.2) is 18.2 Å². The van der Waals surface area contributed by atoms with Crippen molar-refractivity contribution in [1.82, 2.24) is 4.90 Å². The highest BCUT2D eigenvalue weighted by molar-refractivity contribution is 5.99. The second kappa shape index (κ2) is 5.35. The Morgan fingerprint density at radius 2 is 1.95 bits per heavy atom. The first kappa shape index (κ1) is 13.3. The van der Waals surface area contributed by atoms with E-state index in [0.29, 0.717) is 23.2 Å². The van der Waals surface area contributed by atoms with Crippen LogP contribution in [0.5, 0.6) is 5.75 Å². The van der Waals surface area contributed by atoms with Crippen LogP contribution in [-0.2, 0) is 0 Å². The molecule has 3 rings (SSSR count). The number of carbonyl (C=O) groups excluding carboxylic acids is 1. The Balaban J connectivity index is 1.83. The highest BCUT2D eigenvalue weighted by Crippen LogP contribution is 2.36. The summed E-state index contributed by atoms with van der Waals surface area (Å²) < 4.78 is 0. The maximum Gasteiger partial charge on any atom is 0.256 e. The van der Waals surface area contributed by atoms with E-state index in [1.807, 2.05) is 4.90 Å². The van der Waals surface area contributed by atoms with Gasteiger partial charge in [0.25, 0.3) is 5.91 Å². The highest BCUT2D eigenvalue weighted by atomic mass is 16.3. The number of hydrogen-bond acceptors (Lipinski definition) is 3. The molecule has 1 saturated carbocycles. The van der Waals surface area contributed by atoms with E-state index in [4.69, 9.17) is 5.73 Å². The van der Waals surface area contributed by atoms with Crippen LogP contribution in [0.25, 0.3) is 0 Å². The van der Waals surface area contributed by atoms with Crippen molar-refractivity contribution in [1.29, 1.82) is 0 Å². The van der Waals surface area contributed by atoms with Gasteiger partial charge in [0.1, 0.15) is 5.75 Å². The molecule has 0 aromatic heterocycles. The second-order valence-corrected chi connectivity index (χ2v) is 6.02. The zero-order valence-electron chi connectivity index (χ0n) is 11.7. The van der Waals surface area contributed by atoms with Crippen molar-refractivity contribution in [2.75, 3.05) is 12.3 Å². The molecule has 1 aromatic rings. The fourth-order valence-electron chi connectivity index (χ4n) is 3.76. The van der Waals surface area contributed by atoms with Crippen molar-refractivity contribution < 1.29 is 9.90 Å². The summed E-state index contributed by atoms with van der Waals surface area (Å²) in [6, 6.07) is 4.97. The molecule has 20 heavy (non-hydrogen) atoms. The van der Waals surface area contributed by atoms with E-state index in [0.717, 1.165) is 19.4 Å². The number of rotatable bonds is 2. The van der Waals surface area contributed by atoms with E-state index in [2.05, 4.69) is 0 Å². The first-order chi connectivity index (χ1) is 9.66. The van der Waals surface area contributed by atoms with E-state index in [-0.39, 0.29) is 11.7 Å². The first-order valence-electron chi connectivity index (χ1n) is 7.56. The number of benzene rings is 1. The summed E-state index contributed by atoms with van der Waals surface area (Å²) in [5.41, 5.74) is 6.79. The number of aromatic hydroxyl groups is 1. The number of phenolic OH excluding ortho intramolecular Hbond substituents is 1.